The Labute approximate surface area is 174 Å². The first kappa shape index (κ1) is 22.4. The van der Waals surface area contributed by atoms with Crippen molar-refractivity contribution in [2.45, 2.75) is 19.1 Å². The second-order valence-electron chi connectivity index (χ2n) is 6.40. The molecule has 4 amide bonds. The van der Waals surface area contributed by atoms with Gasteiger partial charge in [-0.2, -0.15) is 0 Å². The topological polar surface area (TPSA) is 140 Å². The van der Waals surface area contributed by atoms with E-state index in [-0.39, 0.29) is 26.1 Å². The van der Waals surface area contributed by atoms with Crippen molar-refractivity contribution in [3.63, 3.8) is 0 Å². The molecule has 0 heterocycles. The highest BCUT2D eigenvalue weighted by molar-refractivity contribution is 5.90. The monoisotopic (exact) mass is 412 g/mol. The summed E-state index contributed by atoms with van der Waals surface area (Å²) in [7, 11) is 0. The van der Waals surface area contributed by atoms with Crippen molar-refractivity contribution in [1.82, 2.24) is 16.0 Å². The molecular formula is C21H24N4O5. The van der Waals surface area contributed by atoms with E-state index in [1.54, 1.807) is 12.1 Å². The molecule has 0 unspecified atom stereocenters. The fraction of sp³-hybridized carbons (Fsp3) is 0.238. The number of carbonyl (C=O) groups is 4. The second kappa shape index (κ2) is 11.8. The number of amides is 4. The van der Waals surface area contributed by atoms with Gasteiger partial charge in [-0.05, 0) is 11.1 Å². The Bertz CT molecular complexity index is 858. The van der Waals surface area contributed by atoms with Crippen LogP contribution in [0, 0.1) is 0 Å². The van der Waals surface area contributed by atoms with E-state index in [4.69, 9.17) is 10.5 Å². The summed E-state index contributed by atoms with van der Waals surface area (Å²) in [6.45, 7) is -0.644. The van der Waals surface area contributed by atoms with Gasteiger partial charge in [0.25, 0.3) is 0 Å². The zero-order valence-electron chi connectivity index (χ0n) is 16.3. The number of nitrogens with two attached hydrogens (primary N) is 1. The third-order valence-corrected chi connectivity index (χ3v) is 4.01. The number of carbonyl (C=O) groups excluding carboxylic acids is 4. The predicted molar refractivity (Wildman–Crippen MR) is 109 cm³/mol. The van der Waals surface area contributed by atoms with E-state index < -0.39 is 29.9 Å². The minimum Gasteiger partial charge on any atom is -0.445 e. The van der Waals surface area contributed by atoms with Gasteiger partial charge in [0.05, 0.1) is 6.54 Å². The van der Waals surface area contributed by atoms with E-state index in [1.165, 1.54) is 0 Å². The number of alkyl carbamates (subject to hydrolysis) is 1. The van der Waals surface area contributed by atoms with Crippen LogP contribution in [-0.4, -0.2) is 42.9 Å². The number of benzene rings is 2. The summed E-state index contributed by atoms with van der Waals surface area (Å²) in [5, 5.41) is 7.12. The smallest absolute Gasteiger partial charge is 0.407 e. The van der Waals surface area contributed by atoms with Crippen molar-refractivity contribution >= 4 is 23.8 Å². The Balaban J connectivity index is 1.67. The van der Waals surface area contributed by atoms with E-state index in [1.807, 2.05) is 48.5 Å². The summed E-state index contributed by atoms with van der Waals surface area (Å²) in [6, 6.07) is 17.3. The van der Waals surface area contributed by atoms with Crippen molar-refractivity contribution in [3.05, 3.63) is 71.8 Å². The SMILES string of the molecule is NC(=O)[C@H](Cc1ccccc1)NC(=O)CNC(=O)CNC(=O)OCc1ccccc1. The van der Waals surface area contributed by atoms with Crippen LogP contribution >= 0.6 is 0 Å². The van der Waals surface area contributed by atoms with Crippen LogP contribution in [0.1, 0.15) is 11.1 Å². The fourth-order valence-electron chi connectivity index (χ4n) is 2.49. The summed E-state index contributed by atoms with van der Waals surface area (Å²) in [6.07, 6.45) is -0.514. The molecule has 0 saturated heterocycles. The van der Waals surface area contributed by atoms with Crippen LogP contribution in [0.5, 0.6) is 0 Å². The molecule has 0 fully saturated rings. The molecule has 2 aromatic carbocycles. The molecule has 2 rings (SSSR count). The van der Waals surface area contributed by atoms with Crippen LogP contribution in [0.2, 0.25) is 0 Å². The average molecular weight is 412 g/mol. The Morgan fingerprint density at radius 1 is 0.800 bits per heavy atom. The largest absolute Gasteiger partial charge is 0.445 e. The lowest BCUT2D eigenvalue weighted by molar-refractivity contribution is -0.128. The van der Waals surface area contributed by atoms with Gasteiger partial charge in [0.2, 0.25) is 17.7 Å². The minimum atomic E-state index is -0.900. The van der Waals surface area contributed by atoms with Crippen molar-refractivity contribution in [2.75, 3.05) is 13.1 Å². The molecule has 0 aliphatic rings. The number of rotatable bonds is 10. The first-order chi connectivity index (χ1) is 14.4. The maximum absolute atomic E-state index is 12.0. The molecule has 0 aliphatic heterocycles. The van der Waals surface area contributed by atoms with E-state index in [0.717, 1.165) is 11.1 Å². The molecule has 1 atom stereocenters. The van der Waals surface area contributed by atoms with Gasteiger partial charge >= 0.3 is 6.09 Å². The highest BCUT2D eigenvalue weighted by Crippen LogP contribution is 2.03. The molecular weight excluding hydrogens is 388 g/mol. The van der Waals surface area contributed by atoms with E-state index in [2.05, 4.69) is 16.0 Å². The number of primary amides is 1. The lowest BCUT2D eigenvalue weighted by Crippen LogP contribution is -2.49. The molecule has 0 bridgehead atoms. The average Bonchev–Trinajstić information content (AvgIpc) is 2.75. The Morgan fingerprint density at radius 2 is 1.37 bits per heavy atom. The number of ether oxygens (including phenoxy) is 1. The first-order valence-electron chi connectivity index (χ1n) is 9.28. The number of hydrogen-bond donors (Lipinski definition) is 4. The van der Waals surface area contributed by atoms with Crippen molar-refractivity contribution in [1.29, 1.82) is 0 Å². The molecule has 0 aromatic heterocycles. The van der Waals surface area contributed by atoms with Crippen molar-refractivity contribution in [3.8, 4) is 0 Å². The van der Waals surface area contributed by atoms with Gasteiger partial charge in [-0.25, -0.2) is 4.79 Å². The Hall–Kier alpha value is -3.88. The summed E-state index contributed by atoms with van der Waals surface area (Å²) in [5.41, 5.74) is 6.99. The van der Waals surface area contributed by atoms with Crippen LogP contribution < -0.4 is 21.7 Å². The molecule has 30 heavy (non-hydrogen) atoms. The molecule has 2 aromatic rings. The third-order valence-electron chi connectivity index (χ3n) is 4.01. The maximum Gasteiger partial charge on any atom is 0.407 e. The molecule has 0 radical (unpaired) electrons. The molecule has 0 spiro atoms. The number of nitrogens with one attached hydrogen (secondary N) is 3. The lowest BCUT2D eigenvalue weighted by atomic mass is 10.1. The fourth-order valence-corrected chi connectivity index (χ4v) is 2.49. The molecule has 158 valence electrons. The van der Waals surface area contributed by atoms with Gasteiger partial charge in [0.15, 0.2) is 0 Å². The van der Waals surface area contributed by atoms with Gasteiger partial charge in [0.1, 0.15) is 19.2 Å². The number of hydrogen-bond acceptors (Lipinski definition) is 5. The molecule has 0 aliphatic carbocycles. The van der Waals surface area contributed by atoms with Gasteiger partial charge in [-0.1, -0.05) is 60.7 Å². The third kappa shape index (κ3) is 8.42. The van der Waals surface area contributed by atoms with Crippen LogP contribution in [-0.2, 0) is 32.1 Å². The predicted octanol–water partition coefficient (Wildman–Crippen LogP) is 0.242. The molecule has 9 nitrogen and oxygen atoms in total. The van der Waals surface area contributed by atoms with Gasteiger partial charge in [-0.3, -0.25) is 14.4 Å². The van der Waals surface area contributed by atoms with E-state index in [9.17, 15) is 19.2 Å². The summed E-state index contributed by atoms with van der Waals surface area (Å²) in [4.78, 5) is 47.0. The van der Waals surface area contributed by atoms with E-state index >= 15 is 0 Å². The summed E-state index contributed by atoms with van der Waals surface area (Å²) in [5.74, 6) is -1.84. The van der Waals surface area contributed by atoms with Crippen LogP contribution in [0.15, 0.2) is 60.7 Å². The Kier molecular flexibility index (Phi) is 8.85. The van der Waals surface area contributed by atoms with Gasteiger partial charge < -0.3 is 26.4 Å². The highest BCUT2D eigenvalue weighted by Gasteiger charge is 2.19. The van der Waals surface area contributed by atoms with Gasteiger partial charge in [0, 0.05) is 6.42 Å². The van der Waals surface area contributed by atoms with Crippen molar-refractivity contribution < 1.29 is 23.9 Å². The lowest BCUT2D eigenvalue weighted by Gasteiger charge is -2.16. The van der Waals surface area contributed by atoms with Crippen molar-refractivity contribution in [2.24, 2.45) is 5.73 Å². The maximum atomic E-state index is 12.0. The minimum absolute atomic E-state index is 0.0760. The normalized spacial score (nSPS) is 11.1. The van der Waals surface area contributed by atoms with E-state index in [0.29, 0.717) is 0 Å². The first-order valence-corrected chi connectivity index (χ1v) is 9.28. The summed E-state index contributed by atoms with van der Waals surface area (Å²) < 4.78 is 4.98. The highest BCUT2D eigenvalue weighted by atomic mass is 16.5. The standard InChI is InChI=1S/C21H24N4O5/c22-20(28)17(11-15-7-3-1-4-8-15)25-19(27)13-23-18(26)12-24-21(29)30-14-16-9-5-2-6-10-16/h1-10,17H,11-14H2,(H2,22,28)(H,23,26)(H,24,29)(H,25,27)/t17-/m0/s1. The molecule has 9 heteroatoms. The zero-order chi connectivity index (χ0) is 21.8. The Morgan fingerprint density at radius 3 is 1.97 bits per heavy atom. The van der Waals surface area contributed by atoms with Gasteiger partial charge in [-0.15, -0.1) is 0 Å². The zero-order valence-corrected chi connectivity index (χ0v) is 16.3. The van der Waals surface area contributed by atoms with Crippen LogP contribution in [0.25, 0.3) is 0 Å². The summed E-state index contributed by atoms with van der Waals surface area (Å²) >= 11 is 0. The van der Waals surface area contributed by atoms with Crippen LogP contribution in [0.3, 0.4) is 0 Å². The molecule has 0 saturated carbocycles. The second-order valence-corrected chi connectivity index (χ2v) is 6.40. The molecule has 5 N–H and O–H groups in total. The quantitative estimate of drug-likeness (QED) is 0.443. The van der Waals surface area contributed by atoms with Crippen LogP contribution in [0.4, 0.5) is 4.79 Å².